The molecule has 0 aliphatic carbocycles. The van der Waals surface area contributed by atoms with Crippen molar-refractivity contribution in [3.05, 3.63) is 66.0 Å². The topological polar surface area (TPSA) is 54.9 Å². The Bertz CT molecular complexity index is 878. The van der Waals surface area contributed by atoms with Crippen LogP contribution in [0.25, 0.3) is 11.0 Å². The van der Waals surface area contributed by atoms with Crippen LogP contribution in [0, 0.1) is 0 Å². The van der Waals surface area contributed by atoms with Crippen LogP contribution in [-0.4, -0.2) is 15.9 Å². The minimum absolute atomic E-state index is 0.0703. The number of hydrogen-bond donors (Lipinski definition) is 1. The molecule has 0 saturated carbocycles. The van der Waals surface area contributed by atoms with Crippen LogP contribution < -0.4 is 5.32 Å². The van der Waals surface area contributed by atoms with Crippen molar-refractivity contribution < 1.29 is 18.0 Å². The van der Waals surface area contributed by atoms with E-state index >= 15 is 0 Å². The van der Waals surface area contributed by atoms with Gasteiger partial charge in [0.2, 0.25) is 0 Å². The summed E-state index contributed by atoms with van der Waals surface area (Å²) in [4.78, 5) is 20.3. The van der Waals surface area contributed by atoms with Gasteiger partial charge in [0.15, 0.2) is 0 Å². The van der Waals surface area contributed by atoms with Crippen molar-refractivity contribution in [1.82, 2.24) is 9.97 Å². The largest absolute Gasteiger partial charge is 0.416 e. The van der Waals surface area contributed by atoms with Crippen molar-refractivity contribution in [2.45, 2.75) is 6.18 Å². The van der Waals surface area contributed by atoms with Crippen LogP contribution in [-0.2, 0) is 6.18 Å². The molecule has 4 nitrogen and oxygen atoms in total. The van der Waals surface area contributed by atoms with Crippen LogP contribution in [0.4, 0.5) is 18.9 Å². The quantitative estimate of drug-likeness (QED) is 0.780. The number of nitrogens with zero attached hydrogens (tertiary/aromatic N) is 2. The second-order valence-corrected chi connectivity index (χ2v) is 4.79. The Balaban J connectivity index is 1.86. The molecule has 23 heavy (non-hydrogen) atoms. The monoisotopic (exact) mass is 317 g/mol. The summed E-state index contributed by atoms with van der Waals surface area (Å²) in [5, 5.41) is 2.55. The lowest BCUT2D eigenvalue weighted by atomic mass is 10.1. The van der Waals surface area contributed by atoms with Crippen LogP contribution in [0.1, 0.15) is 15.9 Å². The van der Waals surface area contributed by atoms with E-state index in [4.69, 9.17) is 0 Å². The first-order valence-electron chi connectivity index (χ1n) is 6.63. The highest BCUT2D eigenvalue weighted by atomic mass is 19.4. The number of hydrogen-bond acceptors (Lipinski definition) is 3. The van der Waals surface area contributed by atoms with Crippen LogP contribution in [0.2, 0.25) is 0 Å². The van der Waals surface area contributed by atoms with Gasteiger partial charge in [-0.3, -0.25) is 14.8 Å². The minimum Gasteiger partial charge on any atom is -0.322 e. The number of halogens is 3. The van der Waals surface area contributed by atoms with Gasteiger partial charge in [-0.25, -0.2) is 0 Å². The van der Waals surface area contributed by atoms with E-state index in [9.17, 15) is 18.0 Å². The Kier molecular flexibility index (Phi) is 3.69. The van der Waals surface area contributed by atoms with Crippen LogP contribution >= 0.6 is 0 Å². The standard InChI is InChI=1S/C16H10F3N3O/c17-16(18,19)11-3-1-2-10(8-11)15(23)22-12-4-5-13-14(9-12)21-7-6-20-13/h1-9H,(H,22,23). The highest BCUT2D eigenvalue weighted by Gasteiger charge is 2.30. The van der Waals surface area contributed by atoms with Crippen LogP contribution in [0.5, 0.6) is 0 Å². The zero-order valence-corrected chi connectivity index (χ0v) is 11.6. The molecule has 1 aromatic heterocycles. The van der Waals surface area contributed by atoms with Crippen molar-refractivity contribution in [2.24, 2.45) is 0 Å². The predicted octanol–water partition coefficient (Wildman–Crippen LogP) is 3.90. The van der Waals surface area contributed by atoms with Gasteiger partial charge in [-0.05, 0) is 36.4 Å². The summed E-state index contributed by atoms with van der Waals surface area (Å²) in [5.74, 6) is -0.626. The van der Waals surface area contributed by atoms with E-state index in [0.717, 1.165) is 12.1 Å². The SMILES string of the molecule is O=C(Nc1ccc2nccnc2c1)c1cccc(C(F)(F)F)c1. The van der Waals surface area contributed by atoms with Crippen molar-refractivity contribution >= 4 is 22.6 Å². The van der Waals surface area contributed by atoms with Gasteiger partial charge in [0, 0.05) is 23.6 Å². The molecule has 0 aliphatic heterocycles. The Hall–Kier alpha value is -2.96. The predicted molar refractivity (Wildman–Crippen MR) is 78.9 cm³/mol. The van der Waals surface area contributed by atoms with Crippen molar-refractivity contribution in [3.63, 3.8) is 0 Å². The number of alkyl halides is 3. The summed E-state index contributed by atoms with van der Waals surface area (Å²) in [7, 11) is 0. The lowest BCUT2D eigenvalue weighted by molar-refractivity contribution is -0.137. The molecule has 2 aromatic carbocycles. The van der Waals surface area contributed by atoms with Crippen LogP contribution in [0.15, 0.2) is 54.9 Å². The molecule has 0 fully saturated rings. The molecule has 3 aromatic rings. The van der Waals surface area contributed by atoms with Crippen molar-refractivity contribution in [1.29, 1.82) is 0 Å². The van der Waals surface area contributed by atoms with E-state index < -0.39 is 17.6 Å². The Morgan fingerprint density at radius 2 is 1.70 bits per heavy atom. The summed E-state index contributed by atoms with van der Waals surface area (Å²) in [6.07, 6.45) is -1.43. The third-order valence-electron chi connectivity index (χ3n) is 3.18. The molecular formula is C16H10F3N3O. The number of nitrogens with one attached hydrogen (secondary N) is 1. The second-order valence-electron chi connectivity index (χ2n) is 4.79. The number of carbonyl (C=O) groups excluding carboxylic acids is 1. The van der Waals surface area contributed by atoms with Gasteiger partial charge in [-0.1, -0.05) is 6.07 Å². The average molecular weight is 317 g/mol. The number of benzene rings is 2. The van der Waals surface area contributed by atoms with Crippen molar-refractivity contribution in [2.75, 3.05) is 5.32 Å². The van der Waals surface area contributed by atoms with Gasteiger partial charge >= 0.3 is 6.18 Å². The number of aromatic nitrogens is 2. The van der Waals surface area contributed by atoms with Gasteiger partial charge in [0.05, 0.1) is 16.6 Å². The average Bonchev–Trinajstić information content (AvgIpc) is 2.54. The molecule has 0 radical (unpaired) electrons. The second kappa shape index (κ2) is 5.68. The molecule has 1 heterocycles. The molecule has 0 aliphatic rings. The zero-order valence-electron chi connectivity index (χ0n) is 11.6. The molecule has 1 amide bonds. The van der Waals surface area contributed by atoms with E-state index in [2.05, 4.69) is 15.3 Å². The highest BCUT2D eigenvalue weighted by Crippen LogP contribution is 2.29. The normalized spacial score (nSPS) is 11.4. The third-order valence-corrected chi connectivity index (χ3v) is 3.18. The summed E-state index contributed by atoms with van der Waals surface area (Å²) in [6.45, 7) is 0. The molecule has 0 bridgehead atoms. The molecule has 0 unspecified atom stereocenters. The molecular weight excluding hydrogens is 307 g/mol. The van der Waals surface area contributed by atoms with E-state index in [1.807, 2.05) is 0 Å². The Morgan fingerprint density at radius 3 is 2.43 bits per heavy atom. The van der Waals surface area contributed by atoms with E-state index in [1.54, 1.807) is 24.4 Å². The molecule has 0 atom stereocenters. The minimum atomic E-state index is -4.49. The van der Waals surface area contributed by atoms with E-state index in [1.165, 1.54) is 18.3 Å². The summed E-state index contributed by atoms with van der Waals surface area (Å²) < 4.78 is 38.1. The first-order valence-corrected chi connectivity index (χ1v) is 6.63. The number of rotatable bonds is 2. The lowest BCUT2D eigenvalue weighted by Crippen LogP contribution is -2.14. The first kappa shape index (κ1) is 15.0. The van der Waals surface area contributed by atoms with Gasteiger partial charge in [0.1, 0.15) is 0 Å². The number of carbonyl (C=O) groups is 1. The number of amides is 1. The number of fused-ring (bicyclic) bond motifs is 1. The lowest BCUT2D eigenvalue weighted by Gasteiger charge is -2.09. The molecule has 7 heteroatoms. The van der Waals surface area contributed by atoms with Crippen LogP contribution in [0.3, 0.4) is 0 Å². The molecule has 0 spiro atoms. The Morgan fingerprint density at radius 1 is 0.957 bits per heavy atom. The maximum absolute atomic E-state index is 12.7. The summed E-state index contributed by atoms with van der Waals surface area (Å²) >= 11 is 0. The zero-order chi connectivity index (χ0) is 16.4. The van der Waals surface area contributed by atoms with Gasteiger partial charge in [-0.2, -0.15) is 13.2 Å². The summed E-state index contributed by atoms with van der Waals surface area (Å²) in [6, 6.07) is 9.15. The molecule has 116 valence electrons. The smallest absolute Gasteiger partial charge is 0.322 e. The van der Waals surface area contributed by atoms with Gasteiger partial charge < -0.3 is 5.32 Å². The summed E-state index contributed by atoms with van der Waals surface area (Å²) in [5.41, 5.74) is 0.730. The first-order chi connectivity index (χ1) is 10.9. The van der Waals surface area contributed by atoms with Crippen molar-refractivity contribution in [3.8, 4) is 0 Å². The third kappa shape index (κ3) is 3.28. The molecule has 0 saturated heterocycles. The molecule has 1 N–H and O–H groups in total. The van der Waals surface area contributed by atoms with Gasteiger partial charge in [-0.15, -0.1) is 0 Å². The highest BCUT2D eigenvalue weighted by molar-refractivity contribution is 6.05. The fraction of sp³-hybridized carbons (Fsp3) is 0.0625. The maximum atomic E-state index is 12.7. The fourth-order valence-electron chi connectivity index (χ4n) is 2.08. The Labute approximate surface area is 129 Å². The molecule has 3 rings (SSSR count). The van der Waals surface area contributed by atoms with Gasteiger partial charge in [0.25, 0.3) is 5.91 Å². The van der Waals surface area contributed by atoms with E-state index in [-0.39, 0.29) is 5.56 Å². The van der Waals surface area contributed by atoms with E-state index in [0.29, 0.717) is 16.7 Å². The maximum Gasteiger partial charge on any atom is 0.416 e. The number of anilines is 1. The fourth-order valence-corrected chi connectivity index (χ4v) is 2.08.